The molecule has 3 heteroatoms. The summed E-state index contributed by atoms with van der Waals surface area (Å²) in [5.74, 6) is 0.827. The normalized spacial score (nSPS) is 40.9. The van der Waals surface area contributed by atoms with Gasteiger partial charge in [0.05, 0.1) is 6.61 Å². The van der Waals surface area contributed by atoms with Crippen LogP contribution in [0.5, 0.6) is 0 Å². The Labute approximate surface area is 71.1 Å². The quantitative estimate of drug-likeness (QED) is 0.502. The zero-order valence-corrected chi connectivity index (χ0v) is 7.08. The first-order valence-electron chi connectivity index (χ1n) is 4.37. The third kappa shape index (κ3) is 1.04. The number of esters is 1. The maximum absolute atomic E-state index is 11.3. The minimum Gasteiger partial charge on any atom is -0.465 e. The Kier molecular flexibility index (Phi) is 1.67. The van der Waals surface area contributed by atoms with Crippen LogP contribution in [0.1, 0.15) is 19.8 Å². The molecule has 66 valence electrons. The summed E-state index contributed by atoms with van der Waals surface area (Å²) in [7, 11) is 0. The van der Waals surface area contributed by atoms with Crippen molar-refractivity contribution in [3.8, 4) is 0 Å². The lowest BCUT2D eigenvalue weighted by molar-refractivity contribution is -0.152. The summed E-state index contributed by atoms with van der Waals surface area (Å²) in [5, 5.41) is 0. The summed E-state index contributed by atoms with van der Waals surface area (Å²) in [5.41, 5.74) is 0. The van der Waals surface area contributed by atoms with E-state index in [0.717, 1.165) is 0 Å². The molecule has 0 amide bonds. The van der Waals surface area contributed by atoms with Gasteiger partial charge < -0.3 is 4.74 Å². The summed E-state index contributed by atoms with van der Waals surface area (Å²) in [6.45, 7) is 2.39. The molecule has 1 aliphatic carbocycles. The van der Waals surface area contributed by atoms with Crippen LogP contribution in [0.4, 0.5) is 0 Å². The minimum absolute atomic E-state index is 0.100. The van der Waals surface area contributed by atoms with Crippen LogP contribution in [-0.4, -0.2) is 18.4 Å². The first-order valence-corrected chi connectivity index (χ1v) is 4.37. The van der Waals surface area contributed by atoms with E-state index in [2.05, 4.69) is 0 Å². The number of carbonyl (C=O) groups is 2. The van der Waals surface area contributed by atoms with E-state index in [0.29, 0.717) is 31.1 Å². The van der Waals surface area contributed by atoms with Crippen LogP contribution in [0.3, 0.4) is 0 Å². The second-order valence-electron chi connectivity index (χ2n) is 3.77. The molecule has 0 aromatic carbocycles. The van der Waals surface area contributed by atoms with Crippen LogP contribution >= 0.6 is 0 Å². The third-order valence-electron chi connectivity index (χ3n) is 3.08. The van der Waals surface area contributed by atoms with E-state index in [-0.39, 0.29) is 17.8 Å². The number of ether oxygens (including phenoxy) is 1. The van der Waals surface area contributed by atoms with Gasteiger partial charge in [-0.1, -0.05) is 6.92 Å². The van der Waals surface area contributed by atoms with Gasteiger partial charge in [0.1, 0.15) is 5.78 Å². The first-order chi connectivity index (χ1) is 5.68. The molecule has 0 aromatic rings. The summed E-state index contributed by atoms with van der Waals surface area (Å²) >= 11 is 0. The van der Waals surface area contributed by atoms with Gasteiger partial charge in [0.25, 0.3) is 0 Å². The molecule has 3 atom stereocenters. The molecule has 1 saturated heterocycles. The van der Waals surface area contributed by atoms with Gasteiger partial charge in [-0.25, -0.2) is 0 Å². The van der Waals surface area contributed by atoms with Crippen LogP contribution < -0.4 is 0 Å². The van der Waals surface area contributed by atoms with Crippen molar-refractivity contribution in [1.82, 2.24) is 0 Å². The smallest absolute Gasteiger partial charge is 0.306 e. The van der Waals surface area contributed by atoms with E-state index in [4.69, 9.17) is 4.74 Å². The molecule has 2 aliphatic rings. The zero-order chi connectivity index (χ0) is 8.72. The van der Waals surface area contributed by atoms with Crippen molar-refractivity contribution in [3.05, 3.63) is 0 Å². The maximum atomic E-state index is 11.3. The molecule has 12 heavy (non-hydrogen) atoms. The number of rotatable bonds is 0. The predicted octanol–water partition coefficient (Wildman–Crippen LogP) is 0.775. The third-order valence-corrected chi connectivity index (χ3v) is 3.08. The number of hydrogen-bond donors (Lipinski definition) is 0. The molecule has 2 fully saturated rings. The predicted molar refractivity (Wildman–Crippen MR) is 41.3 cm³/mol. The van der Waals surface area contributed by atoms with Crippen molar-refractivity contribution in [2.24, 2.45) is 17.8 Å². The number of ketones is 1. The molecule has 0 radical (unpaired) electrons. The highest BCUT2D eigenvalue weighted by Crippen LogP contribution is 2.39. The van der Waals surface area contributed by atoms with E-state index in [9.17, 15) is 9.59 Å². The number of fused-ring (bicyclic) bond motifs is 1. The molecule has 2 rings (SSSR count). The highest BCUT2D eigenvalue weighted by atomic mass is 16.5. The second kappa shape index (κ2) is 2.57. The van der Waals surface area contributed by atoms with Crippen LogP contribution in [-0.2, 0) is 14.3 Å². The molecule has 0 aromatic heterocycles. The van der Waals surface area contributed by atoms with Crippen LogP contribution in [0.2, 0.25) is 0 Å². The Bertz CT molecular complexity index is 232. The molecule has 0 unspecified atom stereocenters. The Morgan fingerprint density at radius 2 is 2.08 bits per heavy atom. The zero-order valence-electron chi connectivity index (χ0n) is 7.08. The van der Waals surface area contributed by atoms with Crippen LogP contribution in [0.25, 0.3) is 0 Å². The lowest BCUT2D eigenvalue weighted by atomic mass is 9.87. The van der Waals surface area contributed by atoms with Gasteiger partial charge in [-0.05, 0) is 5.92 Å². The minimum atomic E-state index is -0.141. The van der Waals surface area contributed by atoms with Gasteiger partial charge in [-0.2, -0.15) is 0 Å². The molecule has 1 saturated carbocycles. The highest BCUT2D eigenvalue weighted by Gasteiger charge is 2.43. The van der Waals surface area contributed by atoms with E-state index in [1.165, 1.54) is 0 Å². The van der Waals surface area contributed by atoms with Gasteiger partial charge in [0, 0.05) is 24.7 Å². The molecular weight excluding hydrogens is 156 g/mol. The molecule has 1 heterocycles. The van der Waals surface area contributed by atoms with Gasteiger partial charge in [0.2, 0.25) is 0 Å². The number of hydrogen-bond acceptors (Lipinski definition) is 3. The van der Waals surface area contributed by atoms with Crippen molar-refractivity contribution in [1.29, 1.82) is 0 Å². The molecule has 0 spiro atoms. The Morgan fingerprint density at radius 1 is 1.33 bits per heavy atom. The van der Waals surface area contributed by atoms with Gasteiger partial charge in [-0.3, -0.25) is 9.59 Å². The second-order valence-corrected chi connectivity index (χ2v) is 3.77. The lowest BCUT2D eigenvalue weighted by Gasteiger charge is -2.25. The molecule has 3 nitrogen and oxygen atoms in total. The van der Waals surface area contributed by atoms with Gasteiger partial charge in [-0.15, -0.1) is 0 Å². The van der Waals surface area contributed by atoms with Crippen molar-refractivity contribution in [2.45, 2.75) is 19.8 Å². The Morgan fingerprint density at radius 3 is 2.83 bits per heavy atom. The maximum Gasteiger partial charge on any atom is 0.306 e. The van der Waals surface area contributed by atoms with E-state index < -0.39 is 0 Å². The summed E-state index contributed by atoms with van der Waals surface area (Å²) < 4.78 is 4.92. The van der Waals surface area contributed by atoms with E-state index >= 15 is 0 Å². The molecular formula is C9H12O3. The summed E-state index contributed by atoms with van der Waals surface area (Å²) in [6, 6.07) is 0. The van der Waals surface area contributed by atoms with Crippen molar-refractivity contribution in [3.63, 3.8) is 0 Å². The lowest BCUT2D eigenvalue weighted by Crippen LogP contribution is -2.29. The summed E-state index contributed by atoms with van der Waals surface area (Å²) in [6.07, 6.45) is 1.03. The fourth-order valence-electron chi connectivity index (χ4n) is 2.21. The van der Waals surface area contributed by atoms with Crippen LogP contribution in [0.15, 0.2) is 0 Å². The van der Waals surface area contributed by atoms with Crippen molar-refractivity contribution < 1.29 is 14.3 Å². The Balaban J connectivity index is 2.14. The Hall–Kier alpha value is -0.860. The average molecular weight is 168 g/mol. The first kappa shape index (κ1) is 7.77. The highest BCUT2D eigenvalue weighted by molar-refractivity contribution is 5.85. The standard InChI is InChI=1S/C9H12O3/c1-5-7-4-12-9(11)3-6(7)2-8(5)10/h5-7H,2-4H2,1H3/t5-,6+,7+/m0/s1. The van der Waals surface area contributed by atoms with Gasteiger partial charge in [0.15, 0.2) is 0 Å². The average Bonchev–Trinajstić information content (AvgIpc) is 2.28. The van der Waals surface area contributed by atoms with Crippen LogP contribution in [0, 0.1) is 17.8 Å². The molecule has 0 bridgehead atoms. The SMILES string of the molecule is C[C@@H]1C(=O)C[C@@H]2CC(=O)OC[C@@H]21. The van der Waals surface area contributed by atoms with E-state index in [1.807, 2.05) is 6.92 Å². The molecule has 1 aliphatic heterocycles. The largest absolute Gasteiger partial charge is 0.465 e. The van der Waals surface area contributed by atoms with Crippen molar-refractivity contribution >= 4 is 11.8 Å². The fourth-order valence-corrected chi connectivity index (χ4v) is 2.21. The number of Topliss-reactive ketones (excluding diaryl/α,β-unsaturated/α-hetero) is 1. The van der Waals surface area contributed by atoms with Crippen molar-refractivity contribution in [2.75, 3.05) is 6.61 Å². The number of carbonyl (C=O) groups excluding carboxylic acids is 2. The topological polar surface area (TPSA) is 43.4 Å². The van der Waals surface area contributed by atoms with E-state index in [1.54, 1.807) is 0 Å². The van der Waals surface area contributed by atoms with Gasteiger partial charge >= 0.3 is 5.97 Å². The number of cyclic esters (lactones) is 1. The fraction of sp³-hybridized carbons (Fsp3) is 0.778. The summed E-state index contributed by atoms with van der Waals surface area (Å²) in [4.78, 5) is 22.2. The molecule has 0 N–H and O–H groups in total. The monoisotopic (exact) mass is 168 g/mol.